The molecule has 0 fully saturated rings. The molecular weight excluding hydrogens is 230 g/mol. The highest BCUT2D eigenvalue weighted by molar-refractivity contribution is 9.10. The molecule has 0 bridgehead atoms. The van der Waals surface area contributed by atoms with Gasteiger partial charge in [0, 0.05) is 4.47 Å². The highest BCUT2D eigenvalue weighted by Crippen LogP contribution is 2.25. The van der Waals surface area contributed by atoms with Gasteiger partial charge in [-0.05, 0) is 37.1 Å². The van der Waals surface area contributed by atoms with E-state index in [1.165, 1.54) is 5.56 Å². The minimum atomic E-state index is -0.458. The van der Waals surface area contributed by atoms with Gasteiger partial charge in [0.25, 0.3) is 0 Å². The Labute approximate surface area is 86.9 Å². The Bertz CT molecular complexity index is 288. The second kappa shape index (κ2) is 4.74. The smallest absolute Gasteiger partial charge is 0.0813 e. The van der Waals surface area contributed by atoms with E-state index in [1.54, 1.807) is 0 Å². The van der Waals surface area contributed by atoms with Crippen LogP contribution < -0.4 is 5.73 Å². The molecule has 0 aliphatic heterocycles. The molecule has 0 spiro atoms. The quantitative estimate of drug-likeness (QED) is 0.855. The van der Waals surface area contributed by atoms with E-state index in [0.29, 0.717) is 13.0 Å². The van der Waals surface area contributed by atoms with Gasteiger partial charge in [0.1, 0.15) is 0 Å². The first-order chi connectivity index (χ1) is 6.15. The Morgan fingerprint density at radius 3 is 2.77 bits per heavy atom. The topological polar surface area (TPSA) is 46.2 Å². The highest BCUT2D eigenvalue weighted by atomic mass is 79.9. The van der Waals surface area contributed by atoms with Crippen molar-refractivity contribution in [2.24, 2.45) is 5.73 Å². The van der Waals surface area contributed by atoms with Crippen LogP contribution in [0.1, 0.15) is 23.7 Å². The summed E-state index contributed by atoms with van der Waals surface area (Å²) in [5.41, 5.74) is 7.46. The predicted octanol–water partition coefficient (Wildman–Crippen LogP) is 2.14. The maximum absolute atomic E-state index is 9.68. The third-order valence-electron chi connectivity index (χ3n) is 1.96. The van der Waals surface area contributed by atoms with Gasteiger partial charge in [0.05, 0.1) is 6.10 Å². The molecular formula is C10H14BrNO. The zero-order valence-electron chi connectivity index (χ0n) is 7.63. The Kier molecular flexibility index (Phi) is 3.90. The van der Waals surface area contributed by atoms with Crippen molar-refractivity contribution in [3.8, 4) is 0 Å². The molecule has 1 rings (SSSR count). The number of rotatable bonds is 3. The predicted molar refractivity (Wildman–Crippen MR) is 57.5 cm³/mol. The molecule has 1 atom stereocenters. The summed E-state index contributed by atoms with van der Waals surface area (Å²) in [6.07, 6.45) is 0.141. The van der Waals surface area contributed by atoms with Crippen molar-refractivity contribution in [1.29, 1.82) is 0 Å². The maximum atomic E-state index is 9.68. The Morgan fingerprint density at radius 1 is 1.54 bits per heavy atom. The lowest BCUT2D eigenvalue weighted by Gasteiger charge is -2.11. The number of aliphatic hydroxyl groups is 1. The zero-order valence-corrected chi connectivity index (χ0v) is 9.21. The molecule has 1 aromatic rings. The summed E-state index contributed by atoms with van der Waals surface area (Å²) in [5.74, 6) is 0. The molecule has 0 radical (unpaired) electrons. The van der Waals surface area contributed by atoms with Crippen molar-refractivity contribution in [2.75, 3.05) is 6.54 Å². The Hall–Kier alpha value is -0.380. The van der Waals surface area contributed by atoms with Crippen molar-refractivity contribution < 1.29 is 5.11 Å². The van der Waals surface area contributed by atoms with E-state index in [1.807, 2.05) is 25.1 Å². The summed E-state index contributed by atoms with van der Waals surface area (Å²) in [4.78, 5) is 0. The third kappa shape index (κ3) is 2.79. The molecule has 13 heavy (non-hydrogen) atoms. The van der Waals surface area contributed by atoms with Crippen molar-refractivity contribution >= 4 is 15.9 Å². The normalized spacial score (nSPS) is 12.9. The highest BCUT2D eigenvalue weighted by Gasteiger charge is 2.09. The van der Waals surface area contributed by atoms with Gasteiger partial charge >= 0.3 is 0 Å². The van der Waals surface area contributed by atoms with Crippen LogP contribution in [-0.4, -0.2) is 11.7 Å². The summed E-state index contributed by atoms with van der Waals surface area (Å²) in [7, 11) is 0. The summed E-state index contributed by atoms with van der Waals surface area (Å²) < 4.78 is 0.952. The fraction of sp³-hybridized carbons (Fsp3) is 0.400. The van der Waals surface area contributed by atoms with E-state index in [0.717, 1.165) is 10.0 Å². The minimum Gasteiger partial charge on any atom is -0.388 e. The standard InChI is InChI=1S/C10H14BrNO/c1-7-2-3-8(9(11)6-7)10(13)4-5-12/h2-3,6,10,13H,4-5,12H2,1H3/t10-/m0/s1. The summed E-state index contributed by atoms with van der Waals surface area (Å²) in [6.45, 7) is 2.52. The van der Waals surface area contributed by atoms with E-state index < -0.39 is 6.10 Å². The van der Waals surface area contributed by atoms with E-state index in [2.05, 4.69) is 15.9 Å². The largest absolute Gasteiger partial charge is 0.388 e. The Morgan fingerprint density at radius 2 is 2.23 bits per heavy atom. The molecule has 0 amide bonds. The molecule has 0 heterocycles. The molecule has 0 aliphatic rings. The molecule has 72 valence electrons. The van der Waals surface area contributed by atoms with Gasteiger partial charge in [-0.1, -0.05) is 28.1 Å². The van der Waals surface area contributed by atoms with Crippen LogP contribution >= 0.6 is 15.9 Å². The van der Waals surface area contributed by atoms with Gasteiger partial charge < -0.3 is 10.8 Å². The lowest BCUT2D eigenvalue weighted by molar-refractivity contribution is 0.169. The lowest BCUT2D eigenvalue weighted by Crippen LogP contribution is -2.07. The monoisotopic (exact) mass is 243 g/mol. The van der Waals surface area contributed by atoms with E-state index >= 15 is 0 Å². The number of halogens is 1. The fourth-order valence-electron chi connectivity index (χ4n) is 1.22. The van der Waals surface area contributed by atoms with E-state index in [9.17, 15) is 5.11 Å². The first-order valence-electron chi connectivity index (χ1n) is 4.29. The van der Waals surface area contributed by atoms with Crippen molar-refractivity contribution in [1.82, 2.24) is 0 Å². The molecule has 1 aromatic carbocycles. The number of hydrogen-bond donors (Lipinski definition) is 2. The summed E-state index contributed by atoms with van der Waals surface area (Å²) >= 11 is 3.42. The number of nitrogens with two attached hydrogens (primary N) is 1. The van der Waals surface area contributed by atoms with Crippen LogP contribution in [0.5, 0.6) is 0 Å². The van der Waals surface area contributed by atoms with Crippen LogP contribution in [0.15, 0.2) is 22.7 Å². The van der Waals surface area contributed by atoms with Crippen LogP contribution in [-0.2, 0) is 0 Å². The van der Waals surface area contributed by atoms with Gasteiger partial charge in [0.15, 0.2) is 0 Å². The molecule has 3 N–H and O–H groups in total. The third-order valence-corrected chi connectivity index (χ3v) is 2.64. The lowest BCUT2D eigenvalue weighted by atomic mass is 10.1. The number of aryl methyl sites for hydroxylation is 1. The van der Waals surface area contributed by atoms with Crippen LogP contribution in [0.2, 0.25) is 0 Å². The summed E-state index contributed by atoms with van der Waals surface area (Å²) in [6, 6.07) is 5.91. The van der Waals surface area contributed by atoms with Crippen LogP contribution in [0.25, 0.3) is 0 Å². The van der Waals surface area contributed by atoms with Crippen molar-refractivity contribution in [3.63, 3.8) is 0 Å². The zero-order chi connectivity index (χ0) is 9.84. The van der Waals surface area contributed by atoms with Crippen molar-refractivity contribution in [2.45, 2.75) is 19.4 Å². The number of aliphatic hydroxyl groups excluding tert-OH is 1. The molecule has 0 aromatic heterocycles. The summed E-state index contributed by atoms with van der Waals surface area (Å²) in [5, 5.41) is 9.68. The van der Waals surface area contributed by atoms with Crippen LogP contribution in [0.3, 0.4) is 0 Å². The molecule has 0 aliphatic carbocycles. The van der Waals surface area contributed by atoms with Crippen LogP contribution in [0, 0.1) is 6.92 Å². The first-order valence-corrected chi connectivity index (χ1v) is 5.08. The van der Waals surface area contributed by atoms with Crippen LogP contribution in [0.4, 0.5) is 0 Å². The molecule has 3 heteroatoms. The molecule has 2 nitrogen and oxygen atoms in total. The number of hydrogen-bond acceptors (Lipinski definition) is 2. The second-order valence-corrected chi connectivity index (χ2v) is 3.97. The molecule has 0 unspecified atom stereocenters. The average Bonchev–Trinajstić information content (AvgIpc) is 2.04. The van der Waals surface area contributed by atoms with Gasteiger partial charge in [-0.25, -0.2) is 0 Å². The second-order valence-electron chi connectivity index (χ2n) is 3.12. The van der Waals surface area contributed by atoms with Gasteiger partial charge in [-0.2, -0.15) is 0 Å². The minimum absolute atomic E-state index is 0.458. The molecule has 0 saturated heterocycles. The van der Waals surface area contributed by atoms with Crippen molar-refractivity contribution in [3.05, 3.63) is 33.8 Å². The maximum Gasteiger partial charge on any atom is 0.0813 e. The molecule has 0 saturated carbocycles. The Balaban J connectivity index is 2.88. The number of benzene rings is 1. The first kappa shape index (κ1) is 10.7. The fourth-order valence-corrected chi connectivity index (χ4v) is 1.97. The van der Waals surface area contributed by atoms with E-state index in [4.69, 9.17) is 5.73 Å². The van der Waals surface area contributed by atoms with Gasteiger partial charge in [-0.3, -0.25) is 0 Å². The van der Waals surface area contributed by atoms with E-state index in [-0.39, 0.29) is 0 Å². The average molecular weight is 244 g/mol. The van der Waals surface area contributed by atoms with Gasteiger partial charge in [0.2, 0.25) is 0 Å². The SMILES string of the molecule is Cc1ccc([C@@H](O)CCN)c(Br)c1. The van der Waals surface area contributed by atoms with Gasteiger partial charge in [-0.15, -0.1) is 0 Å².